The summed E-state index contributed by atoms with van der Waals surface area (Å²) >= 11 is 0. The van der Waals surface area contributed by atoms with Gasteiger partial charge in [0.25, 0.3) is 0 Å². The number of rotatable bonds is 8. The largest absolute Gasteiger partial charge is 0.475 e. The molecule has 3 fully saturated rings. The molecule has 2 aromatic heterocycles. The molecule has 212 valence electrons. The number of fused-ring (bicyclic) bond motifs is 2. The summed E-state index contributed by atoms with van der Waals surface area (Å²) in [5.74, 6) is 0.928. The normalized spacial score (nSPS) is 20.9. The van der Waals surface area contributed by atoms with Gasteiger partial charge in [0, 0.05) is 36.6 Å². The van der Waals surface area contributed by atoms with Crippen LogP contribution in [0.4, 0.5) is 11.4 Å². The highest BCUT2D eigenvalue weighted by atomic mass is 16.5. The molecule has 10 heteroatoms. The number of carbonyl (C=O) groups excluding carboxylic acids is 1. The molecule has 1 atom stereocenters. The Kier molecular flexibility index (Phi) is 6.54. The van der Waals surface area contributed by atoms with E-state index in [1.807, 2.05) is 6.20 Å². The van der Waals surface area contributed by atoms with Gasteiger partial charge >= 0.3 is 0 Å². The molecule has 1 aliphatic carbocycles. The van der Waals surface area contributed by atoms with Gasteiger partial charge in [0.1, 0.15) is 18.2 Å². The molecule has 4 aliphatic rings. The third-order valence-electron chi connectivity index (χ3n) is 9.20. The number of H-pyrrole nitrogens is 1. The topological polar surface area (TPSA) is 113 Å². The van der Waals surface area contributed by atoms with Crippen molar-refractivity contribution < 1.29 is 9.53 Å². The number of carbonyl (C=O) groups is 1. The first-order chi connectivity index (χ1) is 20.0. The van der Waals surface area contributed by atoms with Gasteiger partial charge in [-0.25, -0.2) is 4.98 Å². The lowest BCUT2D eigenvalue weighted by Crippen LogP contribution is -2.56. The molecule has 1 saturated carbocycles. The van der Waals surface area contributed by atoms with Crippen LogP contribution in [-0.4, -0.2) is 82.8 Å². The third-order valence-corrected chi connectivity index (χ3v) is 9.20. The van der Waals surface area contributed by atoms with Crippen LogP contribution in [0.2, 0.25) is 0 Å². The molecule has 10 nitrogen and oxygen atoms in total. The van der Waals surface area contributed by atoms with Gasteiger partial charge in [-0.2, -0.15) is 10.4 Å². The van der Waals surface area contributed by atoms with Gasteiger partial charge in [-0.15, -0.1) is 0 Å². The number of nitriles is 1. The van der Waals surface area contributed by atoms with Crippen molar-refractivity contribution in [1.82, 2.24) is 25.0 Å². The molecular formula is C31H36N8O2. The van der Waals surface area contributed by atoms with E-state index in [2.05, 4.69) is 57.1 Å². The van der Waals surface area contributed by atoms with Gasteiger partial charge in [0.05, 0.1) is 41.4 Å². The molecule has 5 heterocycles. The molecule has 7 rings (SSSR count). The number of benzene rings is 1. The molecule has 0 bridgehead atoms. The first-order valence-electron chi connectivity index (χ1n) is 14.7. The number of likely N-dealkylation sites (N-methyl/N-ethyl adjacent to an activating group) is 1. The van der Waals surface area contributed by atoms with E-state index in [1.54, 1.807) is 4.90 Å². The third kappa shape index (κ3) is 4.68. The van der Waals surface area contributed by atoms with Crippen molar-refractivity contribution in [2.45, 2.75) is 56.7 Å². The second kappa shape index (κ2) is 10.4. The molecule has 1 amide bonds. The number of hydrogen-bond acceptors (Lipinski definition) is 8. The molecule has 2 saturated heterocycles. The van der Waals surface area contributed by atoms with E-state index in [0.717, 1.165) is 60.2 Å². The average Bonchev–Trinajstić information content (AvgIpc) is 3.56. The summed E-state index contributed by atoms with van der Waals surface area (Å²) in [5.41, 5.74) is 6.96. The van der Waals surface area contributed by atoms with Crippen LogP contribution in [0.1, 0.15) is 54.0 Å². The molecule has 3 aliphatic heterocycles. The number of nitrogens with one attached hydrogen (secondary N) is 2. The second-order valence-corrected chi connectivity index (χ2v) is 11.9. The van der Waals surface area contributed by atoms with Crippen LogP contribution < -0.4 is 15.0 Å². The fraction of sp³-hybridized carbons (Fsp3) is 0.484. The minimum Gasteiger partial charge on any atom is -0.475 e. The molecular weight excluding hydrogens is 516 g/mol. The van der Waals surface area contributed by atoms with Gasteiger partial charge in [0.2, 0.25) is 11.8 Å². The zero-order valence-corrected chi connectivity index (χ0v) is 23.5. The number of ether oxygens (including phenoxy) is 1. The second-order valence-electron chi connectivity index (χ2n) is 11.9. The van der Waals surface area contributed by atoms with E-state index in [1.165, 1.54) is 30.2 Å². The van der Waals surface area contributed by atoms with Crippen molar-refractivity contribution >= 4 is 28.2 Å². The van der Waals surface area contributed by atoms with E-state index in [0.29, 0.717) is 49.6 Å². The van der Waals surface area contributed by atoms with Crippen LogP contribution in [0.25, 0.3) is 10.9 Å². The van der Waals surface area contributed by atoms with Crippen LogP contribution in [0.3, 0.4) is 0 Å². The lowest BCUT2D eigenvalue weighted by Gasteiger charge is -2.41. The van der Waals surface area contributed by atoms with Crippen molar-refractivity contribution in [1.29, 1.82) is 5.26 Å². The summed E-state index contributed by atoms with van der Waals surface area (Å²) in [6.45, 7) is 7.77. The summed E-state index contributed by atoms with van der Waals surface area (Å²) in [4.78, 5) is 23.6. The number of aromatic amines is 1. The molecule has 2 N–H and O–H groups in total. The maximum Gasteiger partial charge on any atom is 0.246 e. The highest BCUT2D eigenvalue weighted by Gasteiger charge is 2.35. The van der Waals surface area contributed by atoms with Gasteiger partial charge < -0.3 is 24.8 Å². The van der Waals surface area contributed by atoms with Gasteiger partial charge in [-0.05, 0) is 69.3 Å². The van der Waals surface area contributed by atoms with Crippen molar-refractivity contribution in [3.63, 3.8) is 0 Å². The van der Waals surface area contributed by atoms with E-state index < -0.39 is 0 Å². The summed E-state index contributed by atoms with van der Waals surface area (Å²) in [5, 5.41) is 22.6. The Bertz CT molecular complexity index is 1550. The van der Waals surface area contributed by atoms with E-state index in [9.17, 15) is 10.1 Å². The molecule has 41 heavy (non-hydrogen) atoms. The molecule has 1 aromatic carbocycles. The SMILES string of the molecule is C=CC(=O)N1CC(Nc2c(C#N)c(OCC3CCCN3C)nc3c2CCN(c2c(C4CC4)ccc4[nH]ncc24)C3)C1. The number of hydrogen-bond donors (Lipinski definition) is 2. The van der Waals surface area contributed by atoms with E-state index >= 15 is 0 Å². The Hall–Kier alpha value is -4.10. The predicted molar refractivity (Wildman–Crippen MR) is 157 cm³/mol. The summed E-state index contributed by atoms with van der Waals surface area (Å²) in [6, 6.07) is 7.18. The fourth-order valence-electron chi connectivity index (χ4n) is 6.66. The quantitative estimate of drug-likeness (QED) is 0.408. The van der Waals surface area contributed by atoms with E-state index in [-0.39, 0.29) is 11.9 Å². The van der Waals surface area contributed by atoms with Crippen LogP contribution in [0.15, 0.2) is 31.0 Å². The first-order valence-corrected chi connectivity index (χ1v) is 14.7. The number of aromatic nitrogens is 3. The Morgan fingerprint density at radius 2 is 2.15 bits per heavy atom. The van der Waals surface area contributed by atoms with E-state index in [4.69, 9.17) is 9.72 Å². The fourth-order valence-corrected chi connectivity index (χ4v) is 6.66. The highest BCUT2D eigenvalue weighted by Crippen LogP contribution is 2.48. The Morgan fingerprint density at radius 1 is 1.29 bits per heavy atom. The van der Waals surface area contributed by atoms with Gasteiger partial charge in [-0.3, -0.25) is 9.89 Å². The maximum absolute atomic E-state index is 12.0. The molecule has 0 radical (unpaired) electrons. The average molecular weight is 553 g/mol. The van der Waals surface area contributed by atoms with Crippen LogP contribution in [0, 0.1) is 11.3 Å². The monoisotopic (exact) mass is 552 g/mol. The summed E-state index contributed by atoms with van der Waals surface area (Å²) in [7, 11) is 2.12. The lowest BCUT2D eigenvalue weighted by molar-refractivity contribution is -0.129. The smallest absolute Gasteiger partial charge is 0.246 e. The molecule has 1 unspecified atom stereocenters. The minimum absolute atomic E-state index is 0.0606. The molecule has 0 spiro atoms. The Morgan fingerprint density at radius 3 is 2.88 bits per heavy atom. The zero-order valence-electron chi connectivity index (χ0n) is 23.5. The van der Waals surface area contributed by atoms with Crippen LogP contribution in [-0.2, 0) is 17.8 Å². The van der Waals surface area contributed by atoms with Gasteiger partial charge in [0.15, 0.2) is 0 Å². The Balaban J connectivity index is 1.23. The number of amides is 1. The van der Waals surface area contributed by atoms with Crippen LogP contribution >= 0.6 is 0 Å². The minimum atomic E-state index is -0.0689. The lowest BCUT2D eigenvalue weighted by atomic mass is 9.96. The maximum atomic E-state index is 12.0. The Labute approximate surface area is 240 Å². The number of anilines is 2. The van der Waals surface area contributed by atoms with Crippen molar-refractivity contribution in [2.24, 2.45) is 0 Å². The number of nitrogens with zero attached hydrogens (tertiary/aromatic N) is 6. The van der Waals surface area contributed by atoms with Crippen LogP contribution in [0.5, 0.6) is 5.88 Å². The molecule has 3 aromatic rings. The van der Waals surface area contributed by atoms with Crippen molar-refractivity contribution in [2.75, 3.05) is 50.1 Å². The van der Waals surface area contributed by atoms with Crippen molar-refractivity contribution in [3.8, 4) is 11.9 Å². The summed E-state index contributed by atoms with van der Waals surface area (Å²) < 4.78 is 6.34. The zero-order chi connectivity index (χ0) is 28.1. The van der Waals surface area contributed by atoms with Gasteiger partial charge in [-0.1, -0.05) is 12.6 Å². The summed E-state index contributed by atoms with van der Waals surface area (Å²) in [6.07, 6.45) is 8.71. The standard InChI is InChI=1S/C31H36N8O2/c1-3-28(40)39-15-20(16-39)34-29-23-10-12-38(30-22(19-6-7-19)8-9-26-25(30)14-33-36-26)17-27(23)35-31(24(29)13-32)41-18-21-5-4-11-37(21)2/h3,8-9,14,19-21H,1,4-7,10-12,15-18H2,2H3,(H,33,36)(H,34,35). The highest BCUT2D eigenvalue weighted by molar-refractivity contribution is 5.94. The predicted octanol–water partition coefficient (Wildman–Crippen LogP) is 3.55. The first kappa shape index (κ1) is 25.8. The number of likely N-dealkylation sites (tertiary alicyclic amines) is 2. The van der Waals surface area contributed by atoms with Crippen molar-refractivity contribution in [3.05, 3.63) is 53.4 Å². The number of pyridine rings is 1.